The van der Waals surface area contributed by atoms with E-state index in [0.717, 1.165) is 66.2 Å². The van der Waals surface area contributed by atoms with E-state index >= 15 is 0 Å². The number of carbonyl (C=O) groups excluding carboxylic acids is 1. The van der Waals surface area contributed by atoms with Crippen molar-refractivity contribution >= 4 is 23.5 Å². The van der Waals surface area contributed by atoms with Gasteiger partial charge in [-0.3, -0.25) is 14.5 Å². The summed E-state index contributed by atoms with van der Waals surface area (Å²) in [7, 11) is 0. The zero-order valence-electron chi connectivity index (χ0n) is 24.3. The van der Waals surface area contributed by atoms with Crippen LogP contribution in [0.3, 0.4) is 0 Å². The molecule has 1 aliphatic carbocycles. The van der Waals surface area contributed by atoms with E-state index in [1.165, 1.54) is 0 Å². The summed E-state index contributed by atoms with van der Waals surface area (Å²) < 4.78 is 3.61. The van der Waals surface area contributed by atoms with Crippen LogP contribution >= 0.6 is 11.6 Å². The van der Waals surface area contributed by atoms with Crippen molar-refractivity contribution in [3.05, 3.63) is 95.8 Å². The number of nitrogens with one attached hydrogen (secondary N) is 2. The van der Waals surface area contributed by atoms with Gasteiger partial charge in [-0.1, -0.05) is 35.0 Å². The van der Waals surface area contributed by atoms with E-state index in [2.05, 4.69) is 20.8 Å². The van der Waals surface area contributed by atoms with Crippen LogP contribution in [0.25, 0.3) is 27.9 Å². The number of rotatable bonds is 9. The molecule has 12 nitrogen and oxygen atoms in total. The summed E-state index contributed by atoms with van der Waals surface area (Å²) in [6, 6.07) is 16.1. The van der Waals surface area contributed by atoms with Crippen molar-refractivity contribution in [2.24, 2.45) is 11.8 Å². The molecule has 1 unspecified atom stereocenters. The molecule has 1 aliphatic heterocycles. The summed E-state index contributed by atoms with van der Waals surface area (Å²) in [4.78, 5) is 31.5. The molecule has 1 saturated carbocycles. The second-order valence-electron chi connectivity index (χ2n) is 11.5. The molecule has 228 valence electrons. The number of H-pyrrole nitrogens is 1. The molecule has 5 aromatic rings. The van der Waals surface area contributed by atoms with Gasteiger partial charge in [0.2, 0.25) is 5.91 Å². The lowest BCUT2D eigenvalue weighted by Crippen LogP contribution is -2.47. The highest BCUT2D eigenvalue weighted by molar-refractivity contribution is 6.31. The molecular formula is C32H31ClN9O3+. The Morgan fingerprint density at radius 1 is 1.02 bits per heavy atom. The molecular weight excluding hydrogens is 594 g/mol. The number of aromatic amines is 1. The highest BCUT2D eigenvalue weighted by Crippen LogP contribution is 2.46. The molecule has 45 heavy (non-hydrogen) atoms. The van der Waals surface area contributed by atoms with Gasteiger partial charge < -0.3 is 15.3 Å². The Morgan fingerprint density at radius 2 is 1.82 bits per heavy atom. The van der Waals surface area contributed by atoms with E-state index in [4.69, 9.17) is 21.7 Å². The number of aromatic nitrogens is 7. The van der Waals surface area contributed by atoms with Gasteiger partial charge in [0.15, 0.2) is 5.21 Å². The Kier molecular flexibility index (Phi) is 7.82. The molecule has 3 N–H and O–H groups in total. The lowest BCUT2D eigenvalue weighted by molar-refractivity contribution is -0.659. The molecule has 1 amide bonds. The number of piperazine rings is 1. The highest BCUT2D eigenvalue weighted by atomic mass is 35.5. The monoisotopic (exact) mass is 624 g/mol. The molecule has 0 spiro atoms. The fraction of sp³-hybridized carbons (Fsp3) is 0.281. The summed E-state index contributed by atoms with van der Waals surface area (Å²) in [5.74, 6) is -0.490. The summed E-state index contributed by atoms with van der Waals surface area (Å²) in [5, 5.41) is 28.5. The molecule has 2 fully saturated rings. The van der Waals surface area contributed by atoms with E-state index < -0.39 is 5.97 Å². The minimum atomic E-state index is -0.967. The third-order valence-electron chi connectivity index (χ3n) is 8.61. The van der Waals surface area contributed by atoms with Crippen molar-refractivity contribution in [2.45, 2.75) is 18.9 Å². The number of amides is 1. The van der Waals surface area contributed by atoms with Crippen LogP contribution in [0.15, 0.2) is 79.5 Å². The molecule has 2 aromatic carbocycles. The number of pyridine rings is 1. The number of carboxylic acid groups (broad SMARTS) is 1. The van der Waals surface area contributed by atoms with E-state index in [-0.39, 0.29) is 29.3 Å². The first kappa shape index (κ1) is 28.8. The summed E-state index contributed by atoms with van der Waals surface area (Å²) in [5.41, 5.74) is 5.35. The summed E-state index contributed by atoms with van der Waals surface area (Å²) in [6.07, 6.45) is 8.72. The van der Waals surface area contributed by atoms with Crippen molar-refractivity contribution in [1.29, 1.82) is 0 Å². The van der Waals surface area contributed by atoms with Crippen LogP contribution in [0.1, 0.15) is 34.9 Å². The molecule has 7 rings (SSSR count). The maximum absolute atomic E-state index is 13.2. The Balaban J connectivity index is 1.18. The molecule has 1 saturated heterocycles. The first-order valence-corrected chi connectivity index (χ1v) is 15.2. The van der Waals surface area contributed by atoms with Gasteiger partial charge in [-0.25, -0.2) is 4.79 Å². The Hall–Kier alpha value is -4.94. The fourth-order valence-electron chi connectivity index (χ4n) is 6.05. The normalized spacial score (nSPS) is 18.5. The van der Waals surface area contributed by atoms with Crippen LogP contribution in [0.5, 0.6) is 0 Å². The van der Waals surface area contributed by atoms with Gasteiger partial charge in [-0.2, -0.15) is 5.10 Å². The van der Waals surface area contributed by atoms with Gasteiger partial charge in [0.1, 0.15) is 10.8 Å². The number of hydrogen-bond acceptors (Lipinski definition) is 7. The smallest absolute Gasteiger partial charge is 0.335 e. The Morgan fingerprint density at radius 3 is 2.53 bits per heavy atom. The van der Waals surface area contributed by atoms with Crippen molar-refractivity contribution in [3.8, 4) is 27.9 Å². The minimum absolute atomic E-state index is 0.0116. The van der Waals surface area contributed by atoms with Crippen molar-refractivity contribution in [1.82, 2.24) is 40.5 Å². The average molecular weight is 625 g/mol. The lowest BCUT2D eigenvalue weighted by atomic mass is 10.0. The number of hydrogen-bond donors (Lipinski definition) is 3. The van der Waals surface area contributed by atoms with Gasteiger partial charge in [-0.15, -0.1) is 4.68 Å². The van der Waals surface area contributed by atoms with Crippen LogP contribution in [-0.2, 0) is 4.79 Å². The topological polar surface area (TPSA) is 146 Å². The molecule has 3 aromatic heterocycles. The fourth-order valence-corrected chi connectivity index (χ4v) is 6.22. The minimum Gasteiger partial charge on any atom is -0.478 e. The standard InChI is InChI=1S/C32H30ClN9O3/c33-25-6-8-29(42-19-36-38-39-42)26(15-25)22-5-7-28(35-16-22)30(14-23-13-27(23)31(43)40-11-9-34-10-12-40)41-18-24(17-37-41)20-1-3-21(4-2-20)32(44)45/h1-8,15-19,23,27,30,34H,9-14H2,(H,44,45)/p+1/t23-,27-,30?/m1/s1. The van der Waals surface area contributed by atoms with Crippen LogP contribution in [-0.4, -0.2) is 78.4 Å². The van der Waals surface area contributed by atoms with E-state index in [9.17, 15) is 14.7 Å². The largest absolute Gasteiger partial charge is 0.478 e. The number of halogens is 1. The molecule has 0 bridgehead atoms. The van der Waals surface area contributed by atoms with Crippen molar-refractivity contribution < 1.29 is 19.4 Å². The first-order valence-electron chi connectivity index (χ1n) is 14.9. The predicted molar refractivity (Wildman–Crippen MR) is 165 cm³/mol. The zero-order chi connectivity index (χ0) is 30.9. The third-order valence-corrected chi connectivity index (χ3v) is 8.85. The van der Waals surface area contributed by atoms with Gasteiger partial charge in [0, 0.05) is 66.2 Å². The zero-order valence-corrected chi connectivity index (χ0v) is 25.0. The van der Waals surface area contributed by atoms with Crippen LogP contribution in [0, 0.1) is 11.8 Å². The van der Waals surface area contributed by atoms with Gasteiger partial charge in [-0.05, 0) is 60.7 Å². The number of tetrazole rings is 1. The van der Waals surface area contributed by atoms with Gasteiger partial charge >= 0.3 is 5.97 Å². The summed E-state index contributed by atoms with van der Waals surface area (Å²) >= 11 is 6.38. The van der Waals surface area contributed by atoms with E-state index in [0.29, 0.717) is 11.4 Å². The Bertz CT molecular complexity index is 1820. The second-order valence-corrected chi connectivity index (χ2v) is 11.9. The van der Waals surface area contributed by atoms with Gasteiger partial charge in [0.05, 0.1) is 23.5 Å². The van der Waals surface area contributed by atoms with Crippen LogP contribution in [0.2, 0.25) is 5.02 Å². The molecule has 4 heterocycles. The van der Waals surface area contributed by atoms with E-state index in [1.54, 1.807) is 41.5 Å². The predicted octanol–water partition coefficient (Wildman–Crippen LogP) is 3.41. The number of benzene rings is 2. The quantitative estimate of drug-likeness (QED) is 0.212. The van der Waals surface area contributed by atoms with Crippen molar-refractivity contribution in [2.75, 3.05) is 26.2 Å². The maximum atomic E-state index is 13.2. The highest BCUT2D eigenvalue weighted by Gasteiger charge is 2.46. The van der Waals surface area contributed by atoms with Crippen LogP contribution in [0.4, 0.5) is 0 Å². The molecule has 0 radical (unpaired) electrons. The Labute approximate surface area is 263 Å². The number of aromatic carboxylic acids is 1. The lowest BCUT2D eigenvalue weighted by Gasteiger charge is -2.27. The second kappa shape index (κ2) is 12.2. The summed E-state index contributed by atoms with van der Waals surface area (Å²) in [6.45, 7) is 3.15. The number of carbonyl (C=O) groups is 2. The third kappa shape index (κ3) is 6.06. The number of nitrogens with zero attached hydrogens (tertiary/aromatic N) is 7. The number of carboxylic acids is 1. The molecule has 13 heteroatoms. The molecule has 2 aliphatic rings. The average Bonchev–Trinajstić information content (AvgIpc) is 3.40. The maximum Gasteiger partial charge on any atom is 0.335 e. The van der Waals surface area contributed by atoms with Gasteiger partial charge in [0.25, 0.3) is 6.33 Å². The van der Waals surface area contributed by atoms with E-state index in [1.807, 2.05) is 52.3 Å². The van der Waals surface area contributed by atoms with Crippen molar-refractivity contribution in [3.63, 3.8) is 0 Å². The SMILES string of the molecule is O=C(O)c1ccc(-c2cnn(C(C[C@H]3C[C@H]3C(=O)N3CCNCC3)c3ccc(-c4cc(Cl)ccc4-[n+]4cnn[nH]4)cn3)c2)cc1. The van der Waals surface area contributed by atoms with Crippen LogP contribution < -0.4 is 10.00 Å². The first-order chi connectivity index (χ1) is 21.9. The molecule has 3 atom stereocenters.